The molecule has 0 aliphatic carbocycles. The van der Waals surface area contributed by atoms with E-state index in [4.69, 9.17) is 58.0 Å². The molecule has 2 rings (SSSR count). The minimum atomic E-state index is -1.81. The fourth-order valence-electron chi connectivity index (χ4n) is 1.89. The van der Waals surface area contributed by atoms with E-state index in [2.05, 4.69) is 10.6 Å². The largest absolute Gasteiger partial charge is 0.361 e. The summed E-state index contributed by atoms with van der Waals surface area (Å²) in [6, 6.07) is 12.0. The molecule has 0 aliphatic heterocycles. The lowest BCUT2D eigenvalue weighted by molar-refractivity contribution is 0.0942. The molecule has 2 N–H and O–H groups in total. The first-order valence-electron chi connectivity index (χ1n) is 6.83. The van der Waals surface area contributed by atoms with Gasteiger partial charge in [0.1, 0.15) is 6.17 Å². The van der Waals surface area contributed by atoms with Crippen molar-refractivity contribution in [1.29, 1.82) is 0 Å². The maximum Gasteiger partial charge on any atom is 0.252 e. The second-order valence-electron chi connectivity index (χ2n) is 5.06. The Morgan fingerprint density at radius 1 is 1.04 bits per heavy atom. The summed E-state index contributed by atoms with van der Waals surface area (Å²) >= 11 is 30.0. The molecule has 0 heterocycles. The van der Waals surface area contributed by atoms with E-state index in [1.807, 2.05) is 19.1 Å². The van der Waals surface area contributed by atoms with Crippen molar-refractivity contribution in [3.63, 3.8) is 0 Å². The number of carbonyl (C=O) groups is 1. The molecule has 0 bridgehead atoms. The van der Waals surface area contributed by atoms with Gasteiger partial charge in [-0.05, 0) is 31.2 Å². The molecule has 2 aromatic carbocycles. The number of hydrogen-bond acceptors (Lipinski definition) is 2. The number of carbonyl (C=O) groups excluding carboxylic acids is 1. The number of rotatable bonds is 4. The van der Waals surface area contributed by atoms with Crippen molar-refractivity contribution < 1.29 is 4.79 Å². The first kappa shape index (κ1) is 19.5. The van der Waals surface area contributed by atoms with Crippen LogP contribution in [-0.4, -0.2) is 15.9 Å². The normalized spacial score (nSPS) is 12.6. The molecule has 0 aromatic heterocycles. The van der Waals surface area contributed by atoms with Crippen LogP contribution in [0.4, 0.5) is 5.69 Å². The lowest BCUT2D eigenvalue weighted by Gasteiger charge is -2.28. The van der Waals surface area contributed by atoms with Crippen molar-refractivity contribution in [2.24, 2.45) is 0 Å². The molecule has 1 amide bonds. The van der Waals surface area contributed by atoms with Crippen molar-refractivity contribution >= 4 is 69.6 Å². The average Bonchev–Trinajstić information content (AvgIpc) is 2.50. The van der Waals surface area contributed by atoms with Crippen LogP contribution in [0.3, 0.4) is 0 Å². The van der Waals surface area contributed by atoms with Gasteiger partial charge < -0.3 is 10.6 Å². The van der Waals surface area contributed by atoms with Gasteiger partial charge in [0.2, 0.25) is 3.79 Å². The Kier molecular flexibility index (Phi) is 6.52. The first-order valence-corrected chi connectivity index (χ1v) is 8.72. The van der Waals surface area contributed by atoms with Gasteiger partial charge in [0.05, 0.1) is 15.7 Å². The molecule has 24 heavy (non-hydrogen) atoms. The zero-order chi connectivity index (χ0) is 17.9. The number of nitrogens with one attached hydrogen (secondary N) is 2. The minimum absolute atomic E-state index is 0.267. The maximum atomic E-state index is 12.4. The van der Waals surface area contributed by atoms with Crippen molar-refractivity contribution in [2.45, 2.75) is 16.9 Å². The molecule has 0 saturated heterocycles. The predicted molar refractivity (Wildman–Crippen MR) is 103 cm³/mol. The minimum Gasteiger partial charge on any atom is -0.361 e. The van der Waals surface area contributed by atoms with Crippen LogP contribution >= 0.6 is 58.0 Å². The number of halogens is 5. The average molecular weight is 427 g/mol. The molecule has 0 aliphatic rings. The summed E-state index contributed by atoms with van der Waals surface area (Å²) in [5, 5.41) is 6.15. The van der Waals surface area contributed by atoms with Crippen LogP contribution in [0.15, 0.2) is 42.5 Å². The lowest BCUT2D eigenvalue weighted by atomic mass is 10.1. The van der Waals surface area contributed by atoms with E-state index in [9.17, 15) is 4.79 Å². The van der Waals surface area contributed by atoms with E-state index in [-0.39, 0.29) is 5.02 Å². The third-order valence-electron chi connectivity index (χ3n) is 3.17. The molecule has 3 nitrogen and oxygen atoms in total. The van der Waals surface area contributed by atoms with Crippen molar-refractivity contribution in [2.75, 3.05) is 5.32 Å². The zero-order valence-electron chi connectivity index (χ0n) is 12.4. The molecule has 0 fully saturated rings. The zero-order valence-corrected chi connectivity index (χ0v) is 16.2. The van der Waals surface area contributed by atoms with Gasteiger partial charge in [-0.2, -0.15) is 0 Å². The summed E-state index contributed by atoms with van der Waals surface area (Å²) in [6.45, 7) is 1.93. The summed E-state index contributed by atoms with van der Waals surface area (Å²) in [5.41, 5.74) is 1.91. The molecule has 0 unspecified atom stereocenters. The number of anilines is 1. The van der Waals surface area contributed by atoms with Crippen LogP contribution in [0.1, 0.15) is 15.9 Å². The number of aryl methyl sites for hydroxylation is 1. The van der Waals surface area contributed by atoms with E-state index in [0.29, 0.717) is 16.3 Å². The van der Waals surface area contributed by atoms with Gasteiger partial charge in [-0.25, -0.2) is 0 Å². The number of alkyl halides is 3. The SMILES string of the molecule is Cc1ccc(C(=O)N[C@H](Nc2cccc(Cl)c2Cl)C(Cl)(Cl)Cl)cc1. The molecule has 8 heteroatoms. The Hall–Kier alpha value is -0.840. The second kappa shape index (κ2) is 8.03. The van der Waals surface area contributed by atoms with Crippen LogP contribution in [0, 0.1) is 6.92 Å². The van der Waals surface area contributed by atoms with Crippen molar-refractivity contribution in [1.82, 2.24) is 5.32 Å². The van der Waals surface area contributed by atoms with Gasteiger partial charge in [0.25, 0.3) is 5.91 Å². The quantitative estimate of drug-likeness (QED) is 0.476. The molecular formula is C16H13Cl5N2O. The number of amides is 1. The summed E-state index contributed by atoms with van der Waals surface area (Å²) in [6.07, 6.45) is -1.02. The smallest absolute Gasteiger partial charge is 0.252 e. The molecular weight excluding hydrogens is 413 g/mol. The predicted octanol–water partition coefficient (Wildman–Crippen LogP) is 5.84. The molecule has 128 valence electrons. The molecule has 2 aromatic rings. The van der Waals surface area contributed by atoms with Crippen molar-refractivity contribution in [3.8, 4) is 0 Å². The molecule has 0 radical (unpaired) electrons. The van der Waals surface area contributed by atoms with Gasteiger partial charge in [-0.3, -0.25) is 4.79 Å². The Bertz CT molecular complexity index is 728. The number of benzene rings is 2. The van der Waals surface area contributed by atoms with Crippen LogP contribution < -0.4 is 10.6 Å². The highest BCUT2D eigenvalue weighted by atomic mass is 35.6. The van der Waals surface area contributed by atoms with Crippen LogP contribution in [0.5, 0.6) is 0 Å². The second-order valence-corrected chi connectivity index (χ2v) is 8.21. The van der Waals surface area contributed by atoms with Crippen molar-refractivity contribution in [3.05, 3.63) is 63.6 Å². The van der Waals surface area contributed by atoms with Gasteiger partial charge >= 0.3 is 0 Å². The highest BCUT2D eigenvalue weighted by Crippen LogP contribution is 2.35. The van der Waals surface area contributed by atoms with E-state index in [0.717, 1.165) is 5.56 Å². The fourth-order valence-corrected chi connectivity index (χ4v) is 2.57. The molecule has 0 spiro atoms. The van der Waals surface area contributed by atoms with Gasteiger partial charge in [0, 0.05) is 5.56 Å². The third kappa shape index (κ3) is 5.08. The van der Waals surface area contributed by atoms with Crippen LogP contribution in [0.2, 0.25) is 10.0 Å². The monoisotopic (exact) mass is 424 g/mol. The summed E-state index contributed by atoms with van der Waals surface area (Å²) < 4.78 is -1.81. The molecule has 1 atom stereocenters. The highest BCUT2D eigenvalue weighted by molar-refractivity contribution is 6.68. The Balaban J connectivity index is 2.21. The van der Waals surface area contributed by atoms with Crippen LogP contribution in [0.25, 0.3) is 0 Å². The number of hydrogen-bond donors (Lipinski definition) is 2. The molecule has 0 saturated carbocycles. The van der Waals surface area contributed by atoms with Gasteiger partial charge in [-0.1, -0.05) is 81.8 Å². The summed E-state index contributed by atoms with van der Waals surface area (Å²) in [5.74, 6) is -0.392. The maximum absolute atomic E-state index is 12.4. The highest BCUT2D eigenvalue weighted by Gasteiger charge is 2.34. The van der Waals surface area contributed by atoms with E-state index < -0.39 is 15.9 Å². The van der Waals surface area contributed by atoms with E-state index in [1.54, 1.807) is 30.3 Å². The van der Waals surface area contributed by atoms with Crippen LogP contribution in [-0.2, 0) is 0 Å². The Labute approximate surface area is 165 Å². The lowest BCUT2D eigenvalue weighted by Crippen LogP contribution is -2.49. The fraction of sp³-hybridized carbons (Fsp3) is 0.188. The Morgan fingerprint density at radius 3 is 2.25 bits per heavy atom. The van der Waals surface area contributed by atoms with Gasteiger partial charge in [-0.15, -0.1) is 0 Å². The van der Waals surface area contributed by atoms with Gasteiger partial charge in [0.15, 0.2) is 0 Å². The topological polar surface area (TPSA) is 41.1 Å². The van der Waals surface area contributed by atoms with E-state index in [1.165, 1.54) is 0 Å². The Morgan fingerprint density at radius 2 is 1.67 bits per heavy atom. The van der Waals surface area contributed by atoms with E-state index >= 15 is 0 Å². The summed E-state index contributed by atoms with van der Waals surface area (Å²) in [4.78, 5) is 12.4. The third-order valence-corrected chi connectivity index (χ3v) is 4.64. The standard InChI is InChI=1S/C16H13Cl5N2O/c1-9-5-7-10(8-6-9)14(24)23-15(16(19,20)21)22-12-4-2-3-11(17)13(12)18/h2-8,15,22H,1H3,(H,23,24)/t15-/m0/s1. The summed E-state index contributed by atoms with van der Waals surface area (Å²) in [7, 11) is 0. The first-order chi connectivity index (χ1) is 11.2.